The van der Waals surface area contributed by atoms with E-state index in [1.54, 1.807) is 6.07 Å². The van der Waals surface area contributed by atoms with Crippen LogP contribution in [0.2, 0.25) is 0 Å². The Morgan fingerprint density at radius 1 is 1.40 bits per heavy atom. The number of hydrogen-bond donors (Lipinski definition) is 2. The fourth-order valence-electron chi connectivity index (χ4n) is 1.76. The third-order valence-corrected chi connectivity index (χ3v) is 3.57. The first-order valence-electron chi connectivity index (χ1n) is 6.12. The van der Waals surface area contributed by atoms with Crippen LogP contribution in [0.15, 0.2) is 35.7 Å². The SMILES string of the molecule is NC(=O)OCCNCc1ccc(F)c(-c2cccs2)c1. The number of benzene rings is 1. The molecule has 0 bridgehead atoms. The van der Waals surface area contributed by atoms with Gasteiger partial charge >= 0.3 is 6.09 Å². The number of rotatable bonds is 6. The van der Waals surface area contributed by atoms with Crippen LogP contribution in [-0.2, 0) is 11.3 Å². The first kappa shape index (κ1) is 14.5. The number of nitrogens with two attached hydrogens (primary N) is 1. The topological polar surface area (TPSA) is 64.4 Å². The molecular weight excluding hydrogens is 279 g/mol. The van der Waals surface area contributed by atoms with Crippen molar-refractivity contribution in [3.05, 3.63) is 47.1 Å². The highest BCUT2D eigenvalue weighted by molar-refractivity contribution is 7.13. The van der Waals surface area contributed by atoms with E-state index in [2.05, 4.69) is 10.1 Å². The van der Waals surface area contributed by atoms with E-state index in [0.717, 1.165) is 10.4 Å². The number of halogens is 1. The van der Waals surface area contributed by atoms with E-state index in [4.69, 9.17) is 5.73 Å². The normalized spacial score (nSPS) is 10.4. The minimum absolute atomic E-state index is 0.217. The molecule has 106 valence electrons. The fourth-order valence-corrected chi connectivity index (χ4v) is 2.50. The van der Waals surface area contributed by atoms with Gasteiger partial charge in [0.1, 0.15) is 12.4 Å². The van der Waals surface area contributed by atoms with Gasteiger partial charge in [0, 0.05) is 23.5 Å². The summed E-state index contributed by atoms with van der Waals surface area (Å²) >= 11 is 1.50. The van der Waals surface area contributed by atoms with Crippen LogP contribution in [-0.4, -0.2) is 19.2 Å². The van der Waals surface area contributed by atoms with E-state index < -0.39 is 6.09 Å². The molecule has 2 rings (SSSR count). The van der Waals surface area contributed by atoms with Gasteiger partial charge in [-0.15, -0.1) is 11.3 Å². The highest BCUT2D eigenvalue weighted by Gasteiger charge is 2.07. The summed E-state index contributed by atoms with van der Waals surface area (Å²) in [5.41, 5.74) is 6.42. The largest absolute Gasteiger partial charge is 0.448 e. The molecule has 0 spiro atoms. The molecule has 4 nitrogen and oxygen atoms in total. The van der Waals surface area contributed by atoms with Gasteiger partial charge in [-0.2, -0.15) is 0 Å². The minimum atomic E-state index is -0.784. The highest BCUT2D eigenvalue weighted by Crippen LogP contribution is 2.28. The van der Waals surface area contributed by atoms with Crippen LogP contribution < -0.4 is 11.1 Å². The maximum Gasteiger partial charge on any atom is 0.404 e. The number of amides is 1. The molecule has 0 radical (unpaired) electrons. The lowest BCUT2D eigenvalue weighted by Gasteiger charge is -2.07. The Balaban J connectivity index is 1.93. The molecule has 2 aromatic rings. The van der Waals surface area contributed by atoms with Gasteiger partial charge in [0.15, 0.2) is 0 Å². The average molecular weight is 294 g/mol. The molecule has 20 heavy (non-hydrogen) atoms. The Morgan fingerprint density at radius 3 is 2.95 bits per heavy atom. The summed E-state index contributed by atoms with van der Waals surface area (Å²) in [6.45, 7) is 1.28. The van der Waals surface area contributed by atoms with Crippen molar-refractivity contribution >= 4 is 17.4 Å². The predicted molar refractivity (Wildman–Crippen MR) is 77.0 cm³/mol. The summed E-state index contributed by atoms with van der Waals surface area (Å²) in [5, 5.41) is 5.01. The zero-order valence-electron chi connectivity index (χ0n) is 10.8. The highest BCUT2D eigenvalue weighted by atomic mass is 32.1. The molecular formula is C14H15FN2O2S. The Kier molecular flexibility index (Phi) is 5.09. The third kappa shape index (κ3) is 4.04. The van der Waals surface area contributed by atoms with Crippen molar-refractivity contribution in [2.75, 3.05) is 13.2 Å². The summed E-state index contributed by atoms with van der Waals surface area (Å²) in [6.07, 6.45) is -0.784. The van der Waals surface area contributed by atoms with E-state index in [9.17, 15) is 9.18 Å². The fraction of sp³-hybridized carbons (Fsp3) is 0.214. The molecule has 0 aliphatic rings. The second-order valence-electron chi connectivity index (χ2n) is 4.14. The second-order valence-corrected chi connectivity index (χ2v) is 5.08. The molecule has 0 atom stereocenters. The summed E-state index contributed by atoms with van der Waals surface area (Å²) in [6, 6.07) is 8.80. The van der Waals surface area contributed by atoms with Crippen LogP contribution in [0.1, 0.15) is 5.56 Å². The average Bonchev–Trinajstić information content (AvgIpc) is 2.93. The molecule has 1 heterocycles. The smallest absolute Gasteiger partial charge is 0.404 e. The number of carbonyl (C=O) groups is 1. The van der Waals surface area contributed by atoms with E-state index in [-0.39, 0.29) is 12.4 Å². The quantitative estimate of drug-likeness (QED) is 0.805. The number of carbonyl (C=O) groups excluding carboxylic acids is 1. The number of hydrogen-bond acceptors (Lipinski definition) is 4. The van der Waals surface area contributed by atoms with Gasteiger partial charge in [-0.25, -0.2) is 9.18 Å². The van der Waals surface area contributed by atoms with Gasteiger partial charge in [0.05, 0.1) is 0 Å². The van der Waals surface area contributed by atoms with Crippen molar-refractivity contribution in [3.8, 4) is 10.4 Å². The van der Waals surface area contributed by atoms with Gasteiger partial charge in [0.25, 0.3) is 0 Å². The number of nitrogens with one attached hydrogen (secondary N) is 1. The van der Waals surface area contributed by atoms with Crippen LogP contribution in [0.4, 0.5) is 9.18 Å². The Bertz CT molecular complexity index is 573. The molecule has 0 unspecified atom stereocenters. The van der Waals surface area contributed by atoms with Crippen molar-refractivity contribution < 1.29 is 13.9 Å². The number of primary amides is 1. The van der Waals surface area contributed by atoms with Gasteiger partial charge in [-0.1, -0.05) is 12.1 Å². The van der Waals surface area contributed by atoms with Crippen molar-refractivity contribution in [1.82, 2.24) is 5.32 Å². The second kappa shape index (κ2) is 7.02. The van der Waals surface area contributed by atoms with Crippen molar-refractivity contribution in [2.45, 2.75) is 6.54 Å². The number of ether oxygens (including phenoxy) is 1. The lowest BCUT2D eigenvalue weighted by molar-refractivity contribution is 0.157. The van der Waals surface area contributed by atoms with Crippen LogP contribution in [0.25, 0.3) is 10.4 Å². The van der Waals surface area contributed by atoms with Crippen LogP contribution in [0.5, 0.6) is 0 Å². The molecule has 0 fully saturated rings. The predicted octanol–water partition coefficient (Wildman–Crippen LogP) is 2.74. The van der Waals surface area contributed by atoms with E-state index >= 15 is 0 Å². The van der Waals surface area contributed by atoms with Gasteiger partial charge in [-0.05, 0) is 29.1 Å². The molecule has 0 aliphatic carbocycles. The maximum absolute atomic E-state index is 13.8. The zero-order chi connectivity index (χ0) is 14.4. The Labute approximate surface area is 120 Å². The van der Waals surface area contributed by atoms with Crippen molar-refractivity contribution in [2.24, 2.45) is 5.73 Å². The lowest BCUT2D eigenvalue weighted by atomic mass is 10.1. The van der Waals surface area contributed by atoms with Crippen molar-refractivity contribution in [1.29, 1.82) is 0 Å². The molecule has 3 N–H and O–H groups in total. The Hall–Kier alpha value is -1.92. The molecule has 0 saturated carbocycles. The standard InChI is InChI=1S/C14H15FN2O2S/c15-12-4-3-10(9-17-5-6-19-14(16)18)8-11(12)13-2-1-7-20-13/h1-4,7-8,17H,5-6,9H2,(H2,16,18). The summed E-state index contributed by atoms with van der Waals surface area (Å²) in [5.74, 6) is -0.228. The summed E-state index contributed by atoms with van der Waals surface area (Å²) < 4.78 is 18.4. The van der Waals surface area contributed by atoms with E-state index in [1.807, 2.05) is 23.6 Å². The first-order valence-corrected chi connectivity index (χ1v) is 7.00. The van der Waals surface area contributed by atoms with Gasteiger partial charge in [0.2, 0.25) is 0 Å². The zero-order valence-corrected chi connectivity index (χ0v) is 11.6. The molecule has 1 aromatic heterocycles. The lowest BCUT2D eigenvalue weighted by Crippen LogP contribution is -2.23. The molecule has 6 heteroatoms. The molecule has 1 aromatic carbocycles. The van der Waals surface area contributed by atoms with Crippen LogP contribution in [0, 0.1) is 5.82 Å². The molecule has 0 saturated heterocycles. The Morgan fingerprint density at radius 2 is 2.25 bits per heavy atom. The molecule has 0 aliphatic heterocycles. The van der Waals surface area contributed by atoms with Crippen molar-refractivity contribution in [3.63, 3.8) is 0 Å². The number of thiophene rings is 1. The maximum atomic E-state index is 13.8. The van der Waals surface area contributed by atoms with Crippen LogP contribution in [0.3, 0.4) is 0 Å². The van der Waals surface area contributed by atoms with Crippen LogP contribution >= 0.6 is 11.3 Å². The van der Waals surface area contributed by atoms with Gasteiger partial charge < -0.3 is 15.8 Å². The third-order valence-electron chi connectivity index (χ3n) is 2.67. The minimum Gasteiger partial charge on any atom is -0.448 e. The first-order chi connectivity index (χ1) is 9.66. The van der Waals surface area contributed by atoms with Gasteiger partial charge in [-0.3, -0.25) is 0 Å². The monoisotopic (exact) mass is 294 g/mol. The van der Waals surface area contributed by atoms with E-state index in [0.29, 0.717) is 18.7 Å². The molecule has 1 amide bonds. The summed E-state index contributed by atoms with van der Waals surface area (Å²) in [4.78, 5) is 11.3. The summed E-state index contributed by atoms with van der Waals surface area (Å²) in [7, 11) is 0. The van der Waals surface area contributed by atoms with E-state index in [1.165, 1.54) is 17.4 Å².